The molecule has 0 radical (unpaired) electrons. The van der Waals surface area contributed by atoms with Crippen LogP contribution in [0.5, 0.6) is 0 Å². The minimum Gasteiger partial charge on any atom is -0.397 e. The van der Waals surface area contributed by atoms with Gasteiger partial charge in [-0.2, -0.15) is 5.26 Å². The minimum atomic E-state index is -0.453. The third kappa shape index (κ3) is 2.08. The molecule has 1 saturated carbocycles. The number of ether oxygens (including phenoxy) is 1. The number of hydrogen-bond acceptors (Lipinski definition) is 4. The summed E-state index contributed by atoms with van der Waals surface area (Å²) >= 11 is 0. The van der Waals surface area contributed by atoms with Gasteiger partial charge in [0.1, 0.15) is 0 Å². The van der Waals surface area contributed by atoms with E-state index in [-0.39, 0.29) is 5.60 Å². The fourth-order valence-corrected chi connectivity index (χ4v) is 3.40. The highest BCUT2D eigenvalue weighted by Gasteiger charge is 2.46. The Morgan fingerprint density at radius 2 is 2.00 bits per heavy atom. The van der Waals surface area contributed by atoms with Crippen LogP contribution in [0.1, 0.15) is 44.2 Å². The molecule has 0 aromatic carbocycles. The Bertz CT molecular complexity index is 487. The number of nitrogen functional groups attached to an aromatic ring is 1. The lowest BCUT2D eigenvalue weighted by Crippen LogP contribution is -2.40. The first kappa shape index (κ1) is 12.4. The average molecular weight is 257 g/mol. The highest BCUT2D eigenvalue weighted by Crippen LogP contribution is 2.47. The van der Waals surface area contributed by atoms with Gasteiger partial charge in [0.2, 0.25) is 0 Å². The Hall–Kier alpha value is -1.60. The fraction of sp³-hybridized carbons (Fsp3) is 0.600. The van der Waals surface area contributed by atoms with Crippen LogP contribution in [0.4, 0.5) is 5.69 Å². The lowest BCUT2D eigenvalue weighted by Gasteiger charge is -2.40. The number of anilines is 1. The van der Waals surface area contributed by atoms with Crippen molar-refractivity contribution in [3.05, 3.63) is 24.0 Å². The van der Waals surface area contributed by atoms with Gasteiger partial charge in [-0.15, -0.1) is 0 Å². The zero-order valence-electron chi connectivity index (χ0n) is 11.1. The van der Waals surface area contributed by atoms with Crippen molar-refractivity contribution < 1.29 is 4.74 Å². The average Bonchev–Trinajstić information content (AvgIpc) is 2.90. The van der Waals surface area contributed by atoms with Gasteiger partial charge in [-0.25, -0.2) is 0 Å². The maximum Gasteiger partial charge on any atom is 0.0995 e. The summed E-state index contributed by atoms with van der Waals surface area (Å²) in [5.41, 5.74) is 6.77. The van der Waals surface area contributed by atoms with Crippen molar-refractivity contribution in [1.82, 2.24) is 4.98 Å². The second-order valence-corrected chi connectivity index (χ2v) is 5.81. The van der Waals surface area contributed by atoms with Crippen molar-refractivity contribution in [1.29, 1.82) is 5.26 Å². The summed E-state index contributed by atoms with van der Waals surface area (Å²) in [4.78, 5) is 4.37. The lowest BCUT2D eigenvalue weighted by atomic mass is 9.67. The van der Waals surface area contributed by atoms with E-state index in [2.05, 4.69) is 11.1 Å². The second kappa shape index (κ2) is 4.50. The van der Waals surface area contributed by atoms with Gasteiger partial charge in [0, 0.05) is 6.61 Å². The van der Waals surface area contributed by atoms with Gasteiger partial charge in [-0.3, -0.25) is 4.98 Å². The van der Waals surface area contributed by atoms with E-state index in [0.29, 0.717) is 5.69 Å². The Balaban J connectivity index is 1.82. The van der Waals surface area contributed by atoms with E-state index in [1.54, 1.807) is 6.20 Å². The topological polar surface area (TPSA) is 71.9 Å². The van der Waals surface area contributed by atoms with Gasteiger partial charge in [0.05, 0.1) is 34.7 Å². The standard InChI is InChI=1S/C15H19N3O/c16-11-14(13-3-2-12(17)10-18-13)5-7-15(8-6-14)4-1-9-19-15/h2-3,10H,1,4-9,17H2/t14-,15-. The molecule has 1 aromatic rings. The highest BCUT2D eigenvalue weighted by molar-refractivity contribution is 5.38. The minimum absolute atomic E-state index is 0.0498. The van der Waals surface area contributed by atoms with E-state index in [9.17, 15) is 5.26 Å². The molecule has 4 heteroatoms. The summed E-state index contributed by atoms with van der Waals surface area (Å²) in [6, 6.07) is 6.23. The highest BCUT2D eigenvalue weighted by atomic mass is 16.5. The number of nitriles is 1. The van der Waals surface area contributed by atoms with E-state index in [0.717, 1.165) is 50.8 Å². The summed E-state index contributed by atoms with van der Waals surface area (Å²) in [5, 5.41) is 9.63. The van der Waals surface area contributed by atoms with Gasteiger partial charge >= 0.3 is 0 Å². The van der Waals surface area contributed by atoms with Crippen molar-refractivity contribution in [2.24, 2.45) is 0 Å². The van der Waals surface area contributed by atoms with Gasteiger partial charge in [-0.05, 0) is 50.7 Å². The van der Waals surface area contributed by atoms with Crippen molar-refractivity contribution in [2.75, 3.05) is 12.3 Å². The second-order valence-electron chi connectivity index (χ2n) is 5.81. The molecule has 1 aliphatic heterocycles. The van der Waals surface area contributed by atoms with Crippen molar-refractivity contribution >= 4 is 5.69 Å². The molecule has 0 unspecified atom stereocenters. The van der Waals surface area contributed by atoms with Crippen LogP contribution in [-0.4, -0.2) is 17.2 Å². The molecule has 0 amide bonds. The number of rotatable bonds is 1. The predicted octanol–water partition coefficient (Wildman–Crippen LogP) is 2.55. The Labute approximate surface area is 113 Å². The molecule has 19 heavy (non-hydrogen) atoms. The normalized spacial score (nSPS) is 34.3. The molecule has 1 aromatic heterocycles. The molecule has 1 saturated heterocycles. The fourth-order valence-electron chi connectivity index (χ4n) is 3.40. The molecule has 1 aliphatic carbocycles. The van der Waals surface area contributed by atoms with Gasteiger partial charge in [-0.1, -0.05) is 0 Å². The first-order valence-corrected chi connectivity index (χ1v) is 6.95. The molecule has 2 fully saturated rings. The van der Waals surface area contributed by atoms with Crippen molar-refractivity contribution in [2.45, 2.75) is 49.5 Å². The Morgan fingerprint density at radius 1 is 1.21 bits per heavy atom. The molecular weight excluding hydrogens is 238 g/mol. The molecule has 100 valence electrons. The molecule has 0 bridgehead atoms. The first-order chi connectivity index (χ1) is 9.18. The van der Waals surface area contributed by atoms with E-state index < -0.39 is 5.41 Å². The summed E-state index contributed by atoms with van der Waals surface area (Å²) < 4.78 is 5.92. The van der Waals surface area contributed by atoms with E-state index in [1.165, 1.54) is 0 Å². The lowest BCUT2D eigenvalue weighted by molar-refractivity contribution is -0.0347. The third-order valence-corrected chi connectivity index (χ3v) is 4.69. The van der Waals surface area contributed by atoms with Crippen molar-refractivity contribution in [3.8, 4) is 6.07 Å². The molecule has 3 rings (SSSR count). The SMILES string of the molecule is N#C[C@]1(c2ccc(N)cn2)CC[C@@]2(CCCO2)CC1. The molecule has 2 aliphatic rings. The van der Waals surface area contributed by atoms with E-state index in [1.807, 2.05) is 12.1 Å². The largest absolute Gasteiger partial charge is 0.397 e. The summed E-state index contributed by atoms with van der Waals surface area (Å²) in [7, 11) is 0. The number of hydrogen-bond donors (Lipinski definition) is 1. The van der Waals surface area contributed by atoms with Crippen LogP contribution in [0.25, 0.3) is 0 Å². The quantitative estimate of drug-likeness (QED) is 0.839. The first-order valence-electron chi connectivity index (χ1n) is 6.95. The molecule has 2 N–H and O–H groups in total. The van der Waals surface area contributed by atoms with Crippen LogP contribution < -0.4 is 5.73 Å². The van der Waals surface area contributed by atoms with Crippen LogP contribution in [0.15, 0.2) is 18.3 Å². The van der Waals surface area contributed by atoms with Crippen LogP contribution in [-0.2, 0) is 10.2 Å². The van der Waals surface area contributed by atoms with Crippen LogP contribution >= 0.6 is 0 Å². The van der Waals surface area contributed by atoms with Gasteiger partial charge < -0.3 is 10.5 Å². The monoisotopic (exact) mass is 257 g/mol. The number of nitrogens with zero attached hydrogens (tertiary/aromatic N) is 2. The summed E-state index contributed by atoms with van der Waals surface area (Å²) in [6.45, 7) is 0.875. The smallest absolute Gasteiger partial charge is 0.0995 e. The maximum atomic E-state index is 9.63. The third-order valence-electron chi connectivity index (χ3n) is 4.69. The molecule has 1 spiro atoms. The van der Waals surface area contributed by atoms with Gasteiger partial charge in [0.25, 0.3) is 0 Å². The molecular formula is C15H19N3O. The Morgan fingerprint density at radius 3 is 2.53 bits per heavy atom. The predicted molar refractivity (Wildman–Crippen MR) is 72.3 cm³/mol. The van der Waals surface area contributed by atoms with Gasteiger partial charge in [0.15, 0.2) is 0 Å². The number of pyridine rings is 1. The maximum absolute atomic E-state index is 9.63. The van der Waals surface area contributed by atoms with Crippen LogP contribution in [0, 0.1) is 11.3 Å². The zero-order valence-corrected chi connectivity index (χ0v) is 11.1. The van der Waals surface area contributed by atoms with Crippen molar-refractivity contribution in [3.63, 3.8) is 0 Å². The van der Waals surface area contributed by atoms with Crippen LogP contribution in [0.2, 0.25) is 0 Å². The number of aromatic nitrogens is 1. The summed E-state index contributed by atoms with van der Waals surface area (Å²) in [5.74, 6) is 0. The summed E-state index contributed by atoms with van der Waals surface area (Å²) in [6.07, 6.45) is 7.54. The van der Waals surface area contributed by atoms with E-state index >= 15 is 0 Å². The van der Waals surface area contributed by atoms with Crippen LogP contribution in [0.3, 0.4) is 0 Å². The number of nitrogens with two attached hydrogens (primary N) is 1. The Kier molecular flexibility index (Phi) is 2.94. The molecule has 2 heterocycles. The molecule has 0 atom stereocenters. The zero-order chi connectivity index (χ0) is 13.3. The molecule has 4 nitrogen and oxygen atoms in total. The van der Waals surface area contributed by atoms with E-state index in [4.69, 9.17) is 10.5 Å².